The number of rotatable bonds is 3. The van der Waals surface area contributed by atoms with E-state index in [0.29, 0.717) is 6.42 Å². The minimum Gasteiger partial charge on any atom is -0.328 e. The topological polar surface area (TPSA) is 49.6 Å². The molecular weight excluding hydrogens is 238 g/mol. The third-order valence-electron chi connectivity index (χ3n) is 3.54. The van der Waals surface area contributed by atoms with Crippen molar-refractivity contribution in [3.8, 4) is 0 Å². The summed E-state index contributed by atoms with van der Waals surface area (Å²) in [5.74, 6) is 0.181. The average Bonchev–Trinajstić information content (AvgIpc) is 2.54. The fourth-order valence-corrected chi connectivity index (χ4v) is 2.41. The van der Waals surface area contributed by atoms with Crippen LogP contribution in [0.3, 0.4) is 0 Å². The lowest BCUT2D eigenvalue weighted by Crippen LogP contribution is -2.35. The summed E-state index contributed by atoms with van der Waals surface area (Å²) in [6.07, 6.45) is 1.27. The smallest absolute Gasteiger partial charge is 0.227 e. The number of amides is 1. The molecule has 0 saturated heterocycles. The number of hydrogen-bond donors (Lipinski definition) is 1. The lowest BCUT2D eigenvalue weighted by molar-refractivity contribution is -0.118. The van der Waals surface area contributed by atoms with E-state index in [4.69, 9.17) is 5.73 Å². The molecule has 0 radical (unpaired) electrons. The van der Waals surface area contributed by atoms with E-state index in [1.807, 2.05) is 30.0 Å². The number of para-hydroxylation sites is 1. The highest BCUT2D eigenvalue weighted by Crippen LogP contribution is 2.25. The van der Waals surface area contributed by atoms with Crippen LogP contribution < -0.4 is 10.6 Å². The minimum absolute atomic E-state index is 0.0776. The summed E-state index contributed by atoms with van der Waals surface area (Å²) in [4.78, 5) is 16.5. The van der Waals surface area contributed by atoms with Gasteiger partial charge in [-0.05, 0) is 32.0 Å². The van der Waals surface area contributed by atoms with Crippen LogP contribution in [0, 0.1) is 0 Å². The molecule has 104 valence electrons. The van der Waals surface area contributed by atoms with E-state index in [1.165, 1.54) is 5.56 Å². The first-order chi connectivity index (χ1) is 9.08. The molecule has 0 aromatic heterocycles. The number of carbonyl (C=O) groups is 1. The summed E-state index contributed by atoms with van der Waals surface area (Å²) in [7, 11) is 2.09. The predicted molar refractivity (Wildman–Crippen MR) is 78.0 cm³/mol. The van der Waals surface area contributed by atoms with Gasteiger partial charge in [0.25, 0.3) is 0 Å². The van der Waals surface area contributed by atoms with Crippen molar-refractivity contribution >= 4 is 11.6 Å². The molecule has 1 aromatic carbocycles. The van der Waals surface area contributed by atoms with Gasteiger partial charge in [0.1, 0.15) is 0 Å². The summed E-state index contributed by atoms with van der Waals surface area (Å²) >= 11 is 0. The largest absolute Gasteiger partial charge is 0.328 e. The Morgan fingerprint density at radius 1 is 1.37 bits per heavy atom. The molecule has 0 bridgehead atoms. The molecule has 1 aliphatic rings. The molecule has 0 aliphatic carbocycles. The van der Waals surface area contributed by atoms with Crippen molar-refractivity contribution in [1.29, 1.82) is 0 Å². The molecule has 2 N–H and O–H groups in total. The maximum absolute atomic E-state index is 12.4. The summed E-state index contributed by atoms with van der Waals surface area (Å²) in [5.41, 5.74) is 8.01. The van der Waals surface area contributed by atoms with Crippen molar-refractivity contribution in [2.75, 3.05) is 25.0 Å². The zero-order valence-electron chi connectivity index (χ0n) is 11.8. The maximum atomic E-state index is 12.4. The first-order valence-corrected chi connectivity index (χ1v) is 6.90. The second kappa shape index (κ2) is 6.17. The summed E-state index contributed by atoms with van der Waals surface area (Å²) in [5, 5.41) is 0. The van der Waals surface area contributed by atoms with E-state index in [0.717, 1.165) is 31.7 Å². The summed E-state index contributed by atoms with van der Waals surface area (Å²) in [6.45, 7) is 4.49. The molecule has 0 fully saturated rings. The highest BCUT2D eigenvalue weighted by Gasteiger charge is 2.22. The summed E-state index contributed by atoms with van der Waals surface area (Å²) < 4.78 is 0. The van der Waals surface area contributed by atoms with Crippen molar-refractivity contribution in [1.82, 2.24) is 4.90 Å². The Kier molecular flexibility index (Phi) is 4.56. The molecule has 1 unspecified atom stereocenters. The SMILES string of the molecule is CC(N)CCC(=O)N1CCN(C)Cc2ccccc21. The van der Waals surface area contributed by atoms with E-state index in [-0.39, 0.29) is 11.9 Å². The van der Waals surface area contributed by atoms with Gasteiger partial charge in [-0.15, -0.1) is 0 Å². The quantitative estimate of drug-likeness (QED) is 0.899. The predicted octanol–water partition coefficient (Wildman–Crippen LogP) is 1.59. The fourth-order valence-electron chi connectivity index (χ4n) is 2.41. The van der Waals surface area contributed by atoms with Gasteiger partial charge in [-0.3, -0.25) is 4.79 Å². The first kappa shape index (κ1) is 14.0. The number of nitrogens with zero attached hydrogens (tertiary/aromatic N) is 2. The van der Waals surface area contributed by atoms with Crippen LogP contribution in [-0.2, 0) is 11.3 Å². The minimum atomic E-state index is 0.0776. The van der Waals surface area contributed by atoms with E-state index in [9.17, 15) is 4.79 Å². The summed E-state index contributed by atoms with van der Waals surface area (Å²) in [6, 6.07) is 8.24. The number of anilines is 1. The van der Waals surface area contributed by atoms with Crippen LogP contribution in [0.25, 0.3) is 0 Å². The van der Waals surface area contributed by atoms with Gasteiger partial charge in [0, 0.05) is 37.8 Å². The highest BCUT2D eigenvalue weighted by molar-refractivity contribution is 5.94. The van der Waals surface area contributed by atoms with Gasteiger partial charge < -0.3 is 15.5 Å². The van der Waals surface area contributed by atoms with Crippen molar-refractivity contribution in [2.45, 2.75) is 32.4 Å². The second-order valence-electron chi connectivity index (χ2n) is 5.43. The Labute approximate surface area is 115 Å². The molecular formula is C15H23N3O. The Hall–Kier alpha value is -1.39. The third kappa shape index (κ3) is 3.55. The zero-order chi connectivity index (χ0) is 13.8. The Morgan fingerprint density at radius 3 is 2.84 bits per heavy atom. The van der Waals surface area contributed by atoms with Gasteiger partial charge in [0.05, 0.1) is 0 Å². The van der Waals surface area contributed by atoms with Gasteiger partial charge in [-0.2, -0.15) is 0 Å². The molecule has 4 nitrogen and oxygen atoms in total. The van der Waals surface area contributed by atoms with Crippen molar-refractivity contribution in [3.63, 3.8) is 0 Å². The molecule has 0 spiro atoms. The normalized spacial score (nSPS) is 17.7. The van der Waals surface area contributed by atoms with E-state index in [2.05, 4.69) is 18.0 Å². The van der Waals surface area contributed by atoms with Gasteiger partial charge in [-0.25, -0.2) is 0 Å². The van der Waals surface area contributed by atoms with Crippen LogP contribution in [0.2, 0.25) is 0 Å². The molecule has 1 amide bonds. The number of carbonyl (C=O) groups excluding carboxylic acids is 1. The molecule has 1 aromatic rings. The molecule has 1 heterocycles. The maximum Gasteiger partial charge on any atom is 0.227 e. The molecule has 0 saturated carbocycles. The lowest BCUT2D eigenvalue weighted by atomic mass is 10.1. The van der Waals surface area contributed by atoms with Crippen molar-refractivity contribution in [2.24, 2.45) is 5.73 Å². The number of likely N-dealkylation sites (N-methyl/N-ethyl adjacent to an activating group) is 1. The third-order valence-corrected chi connectivity index (χ3v) is 3.54. The van der Waals surface area contributed by atoms with E-state index in [1.54, 1.807) is 0 Å². The van der Waals surface area contributed by atoms with Crippen molar-refractivity contribution in [3.05, 3.63) is 29.8 Å². The number of hydrogen-bond acceptors (Lipinski definition) is 3. The Bertz CT molecular complexity index is 445. The second-order valence-corrected chi connectivity index (χ2v) is 5.43. The van der Waals surface area contributed by atoms with Crippen LogP contribution in [0.5, 0.6) is 0 Å². The van der Waals surface area contributed by atoms with Crippen LogP contribution in [0.1, 0.15) is 25.3 Å². The van der Waals surface area contributed by atoms with Gasteiger partial charge in [0.2, 0.25) is 5.91 Å². The monoisotopic (exact) mass is 261 g/mol. The van der Waals surface area contributed by atoms with Gasteiger partial charge >= 0.3 is 0 Å². The van der Waals surface area contributed by atoms with Crippen LogP contribution in [-0.4, -0.2) is 37.0 Å². The zero-order valence-corrected chi connectivity index (χ0v) is 11.8. The Balaban J connectivity index is 2.18. The molecule has 1 aliphatic heterocycles. The highest BCUT2D eigenvalue weighted by atomic mass is 16.2. The number of nitrogens with two attached hydrogens (primary N) is 1. The van der Waals surface area contributed by atoms with Crippen LogP contribution >= 0.6 is 0 Å². The van der Waals surface area contributed by atoms with E-state index >= 15 is 0 Å². The molecule has 4 heteroatoms. The van der Waals surface area contributed by atoms with Crippen LogP contribution in [0.15, 0.2) is 24.3 Å². The van der Waals surface area contributed by atoms with Crippen molar-refractivity contribution < 1.29 is 4.79 Å². The van der Waals surface area contributed by atoms with Gasteiger partial charge in [-0.1, -0.05) is 18.2 Å². The average molecular weight is 261 g/mol. The van der Waals surface area contributed by atoms with E-state index < -0.39 is 0 Å². The Morgan fingerprint density at radius 2 is 2.11 bits per heavy atom. The number of benzene rings is 1. The number of fused-ring (bicyclic) bond motifs is 1. The van der Waals surface area contributed by atoms with Crippen LogP contribution in [0.4, 0.5) is 5.69 Å². The molecule has 19 heavy (non-hydrogen) atoms. The first-order valence-electron chi connectivity index (χ1n) is 6.90. The standard InChI is InChI=1S/C15H23N3O/c1-12(16)7-8-15(19)18-10-9-17(2)11-13-5-3-4-6-14(13)18/h3-6,12H,7-11,16H2,1-2H3. The lowest BCUT2D eigenvalue weighted by Gasteiger charge is -2.23. The van der Waals surface area contributed by atoms with Gasteiger partial charge in [0.15, 0.2) is 0 Å². The fraction of sp³-hybridized carbons (Fsp3) is 0.533. The molecule has 1 atom stereocenters. The molecule has 2 rings (SSSR count).